The van der Waals surface area contributed by atoms with Crippen molar-refractivity contribution < 1.29 is 14.1 Å². The molecule has 1 aliphatic rings. The summed E-state index contributed by atoms with van der Waals surface area (Å²) >= 11 is 1.45. The Morgan fingerprint density at radius 3 is 3.04 bits per heavy atom. The van der Waals surface area contributed by atoms with Crippen LogP contribution in [0.1, 0.15) is 48.1 Å². The molecule has 7 nitrogen and oxygen atoms in total. The number of amides is 2. The van der Waals surface area contributed by atoms with Crippen LogP contribution in [0.5, 0.6) is 0 Å². The molecule has 1 N–H and O–H groups in total. The Hall–Kier alpha value is -2.22. The van der Waals surface area contributed by atoms with Crippen LogP contribution in [0.25, 0.3) is 0 Å². The number of nitrogens with one attached hydrogen (secondary N) is 1. The zero-order valence-corrected chi connectivity index (χ0v) is 15.9. The molecule has 1 saturated heterocycles. The summed E-state index contributed by atoms with van der Waals surface area (Å²) < 4.78 is 5.16. The molecule has 8 heteroatoms. The molecule has 2 amide bonds. The van der Waals surface area contributed by atoms with Gasteiger partial charge in [0.1, 0.15) is 0 Å². The van der Waals surface area contributed by atoms with Crippen LogP contribution < -0.4 is 5.32 Å². The molecule has 2 aromatic rings. The fourth-order valence-electron chi connectivity index (χ4n) is 3.07. The molecule has 0 aliphatic carbocycles. The number of Topliss-reactive ketones (excluding diaryl/α,β-unsaturated/α-hetero) is 1. The Morgan fingerprint density at radius 2 is 2.31 bits per heavy atom. The van der Waals surface area contributed by atoms with Crippen molar-refractivity contribution in [3.8, 4) is 0 Å². The molecule has 140 valence electrons. The maximum atomic E-state index is 12.5. The second kappa shape index (κ2) is 8.44. The highest BCUT2D eigenvalue weighted by Gasteiger charge is 2.29. The lowest BCUT2D eigenvalue weighted by molar-refractivity contribution is 0.0849. The van der Waals surface area contributed by atoms with Gasteiger partial charge in [-0.3, -0.25) is 4.79 Å². The number of aromatic nitrogens is 2. The van der Waals surface area contributed by atoms with Crippen molar-refractivity contribution in [3.63, 3.8) is 0 Å². The molecule has 0 spiro atoms. The molecule has 1 atom stereocenters. The molecule has 3 heterocycles. The van der Waals surface area contributed by atoms with Crippen LogP contribution in [-0.4, -0.2) is 39.9 Å². The largest absolute Gasteiger partial charge is 0.337 e. The number of piperidine rings is 1. The number of hydrogen-bond donors (Lipinski definition) is 1. The molecule has 1 unspecified atom stereocenters. The lowest BCUT2D eigenvalue weighted by Crippen LogP contribution is -2.46. The highest BCUT2D eigenvalue weighted by atomic mass is 32.1. The Balaban J connectivity index is 1.51. The van der Waals surface area contributed by atoms with E-state index in [1.807, 2.05) is 17.5 Å². The maximum absolute atomic E-state index is 12.5. The summed E-state index contributed by atoms with van der Waals surface area (Å²) in [7, 11) is 0. The van der Waals surface area contributed by atoms with Gasteiger partial charge in [-0.05, 0) is 30.2 Å². The van der Waals surface area contributed by atoms with Gasteiger partial charge < -0.3 is 14.7 Å². The van der Waals surface area contributed by atoms with Crippen LogP contribution >= 0.6 is 11.3 Å². The fraction of sp³-hybridized carbons (Fsp3) is 0.556. The Labute approximate surface area is 156 Å². The van der Waals surface area contributed by atoms with Crippen LogP contribution in [0.2, 0.25) is 0 Å². The highest BCUT2D eigenvalue weighted by molar-refractivity contribution is 7.12. The molecule has 2 aromatic heterocycles. The zero-order chi connectivity index (χ0) is 18.5. The molecule has 0 bridgehead atoms. The smallest absolute Gasteiger partial charge is 0.317 e. The number of carbonyl (C=O) groups excluding carboxylic acids is 2. The predicted octanol–water partition coefficient (Wildman–Crippen LogP) is 3.13. The molecule has 3 rings (SSSR count). The molecule has 1 fully saturated rings. The van der Waals surface area contributed by atoms with Crippen LogP contribution in [0, 0.1) is 11.8 Å². The van der Waals surface area contributed by atoms with E-state index < -0.39 is 0 Å². The summed E-state index contributed by atoms with van der Waals surface area (Å²) in [5.74, 6) is 1.50. The van der Waals surface area contributed by atoms with E-state index in [4.69, 9.17) is 4.52 Å². The van der Waals surface area contributed by atoms with Gasteiger partial charge >= 0.3 is 6.03 Å². The lowest BCUT2D eigenvalue weighted by atomic mass is 9.93. The van der Waals surface area contributed by atoms with Gasteiger partial charge in [0.2, 0.25) is 5.89 Å². The third kappa shape index (κ3) is 4.69. The number of thiophene rings is 1. The van der Waals surface area contributed by atoms with E-state index in [0.717, 1.165) is 24.1 Å². The Morgan fingerprint density at radius 1 is 1.46 bits per heavy atom. The zero-order valence-electron chi connectivity index (χ0n) is 15.1. The maximum Gasteiger partial charge on any atom is 0.317 e. The number of carbonyl (C=O) groups is 2. The predicted molar refractivity (Wildman–Crippen MR) is 98.0 cm³/mol. The third-order valence-corrected chi connectivity index (χ3v) is 5.22. The van der Waals surface area contributed by atoms with Gasteiger partial charge in [-0.15, -0.1) is 11.3 Å². The van der Waals surface area contributed by atoms with Crippen molar-refractivity contribution in [2.75, 3.05) is 13.1 Å². The first-order chi connectivity index (χ1) is 12.5. The number of likely N-dealkylation sites (tertiary alicyclic amines) is 1. The number of rotatable bonds is 6. The number of urea groups is 1. The van der Waals surface area contributed by atoms with Gasteiger partial charge in [0.25, 0.3) is 0 Å². The van der Waals surface area contributed by atoms with Crippen molar-refractivity contribution in [2.24, 2.45) is 11.8 Å². The summed E-state index contributed by atoms with van der Waals surface area (Å²) in [4.78, 5) is 31.7. The van der Waals surface area contributed by atoms with Crippen molar-refractivity contribution in [3.05, 3.63) is 34.1 Å². The first-order valence-electron chi connectivity index (χ1n) is 8.95. The first kappa shape index (κ1) is 18.6. The van der Waals surface area contributed by atoms with E-state index in [1.54, 1.807) is 4.90 Å². The quantitative estimate of drug-likeness (QED) is 0.783. The molecule has 1 aliphatic heterocycles. The minimum Gasteiger partial charge on any atom is -0.337 e. The standard InChI is InChI=1S/C18H24N4O3S/c1-12(2)9-15-20-16(25-21-15)10-19-18(24)22-7-3-5-13(11-22)17(23)14-6-4-8-26-14/h4,6,8,12-13H,3,5,7,9-11H2,1-2H3,(H,19,24). The first-order valence-corrected chi connectivity index (χ1v) is 9.83. The molecule has 26 heavy (non-hydrogen) atoms. The van der Waals surface area contributed by atoms with Crippen LogP contribution in [-0.2, 0) is 13.0 Å². The lowest BCUT2D eigenvalue weighted by Gasteiger charge is -2.31. The van der Waals surface area contributed by atoms with E-state index in [0.29, 0.717) is 30.7 Å². The minimum atomic E-state index is -0.197. The average Bonchev–Trinajstić information content (AvgIpc) is 3.30. The number of ketones is 1. The van der Waals surface area contributed by atoms with E-state index in [9.17, 15) is 9.59 Å². The Kier molecular flexibility index (Phi) is 6.03. The van der Waals surface area contributed by atoms with Gasteiger partial charge in [0.15, 0.2) is 11.6 Å². The van der Waals surface area contributed by atoms with Crippen molar-refractivity contribution in [2.45, 2.75) is 39.7 Å². The summed E-state index contributed by atoms with van der Waals surface area (Å²) in [5, 5.41) is 8.63. The normalized spacial score (nSPS) is 17.5. The Bertz CT molecular complexity index is 741. The van der Waals surface area contributed by atoms with Gasteiger partial charge in [0, 0.05) is 25.4 Å². The second-order valence-electron chi connectivity index (χ2n) is 6.99. The van der Waals surface area contributed by atoms with Gasteiger partial charge in [-0.25, -0.2) is 4.79 Å². The molecular formula is C18H24N4O3S. The minimum absolute atomic E-state index is 0.130. The van der Waals surface area contributed by atoms with Gasteiger partial charge in [0.05, 0.1) is 11.4 Å². The topological polar surface area (TPSA) is 88.3 Å². The van der Waals surface area contributed by atoms with Crippen LogP contribution in [0.15, 0.2) is 22.0 Å². The van der Waals surface area contributed by atoms with Gasteiger partial charge in [-0.2, -0.15) is 4.98 Å². The fourth-order valence-corrected chi connectivity index (χ4v) is 3.81. The third-order valence-electron chi connectivity index (χ3n) is 4.34. The monoisotopic (exact) mass is 376 g/mol. The molecule has 0 aromatic carbocycles. The van der Waals surface area contributed by atoms with Crippen LogP contribution in [0.4, 0.5) is 4.79 Å². The number of nitrogens with zero attached hydrogens (tertiary/aromatic N) is 3. The summed E-state index contributed by atoms with van der Waals surface area (Å²) in [6, 6.07) is 3.52. The van der Waals surface area contributed by atoms with E-state index in [1.165, 1.54) is 11.3 Å². The summed E-state index contributed by atoms with van der Waals surface area (Å²) in [6.07, 6.45) is 2.40. The van der Waals surface area contributed by atoms with Crippen molar-refractivity contribution in [1.82, 2.24) is 20.4 Å². The van der Waals surface area contributed by atoms with Crippen molar-refractivity contribution in [1.29, 1.82) is 0 Å². The van der Waals surface area contributed by atoms with E-state index in [2.05, 4.69) is 29.3 Å². The average molecular weight is 376 g/mol. The van der Waals surface area contributed by atoms with E-state index >= 15 is 0 Å². The van der Waals surface area contributed by atoms with Gasteiger partial charge in [-0.1, -0.05) is 25.1 Å². The number of hydrogen-bond acceptors (Lipinski definition) is 6. The van der Waals surface area contributed by atoms with E-state index in [-0.39, 0.29) is 24.3 Å². The summed E-state index contributed by atoms with van der Waals surface area (Å²) in [6.45, 7) is 5.47. The van der Waals surface area contributed by atoms with Crippen molar-refractivity contribution >= 4 is 23.2 Å². The van der Waals surface area contributed by atoms with Crippen LogP contribution in [0.3, 0.4) is 0 Å². The highest BCUT2D eigenvalue weighted by Crippen LogP contribution is 2.23. The SMILES string of the molecule is CC(C)Cc1noc(CNC(=O)N2CCCC(C(=O)c3cccs3)C2)n1. The summed E-state index contributed by atoms with van der Waals surface area (Å²) in [5.41, 5.74) is 0. The second-order valence-corrected chi connectivity index (χ2v) is 7.94. The molecule has 0 radical (unpaired) electrons. The molecule has 0 saturated carbocycles. The molecular weight excluding hydrogens is 352 g/mol.